The van der Waals surface area contributed by atoms with E-state index < -0.39 is 29.6 Å². The van der Waals surface area contributed by atoms with Crippen LogP contribution >= 0.6 is 11.6 Å². The van der Waals surface area contributed by atoms with E-state index in [-0.39, 0.29) is 10.8 Å². The number of fused-ring (bicyclic) bond motifs is 2. The summed E-state index contributed by atoms with van der Waals surface area (Å²) < 4.78 is 20.2. The van der Waals surface area contributed by atoms with E-state index in [9.17, 15) is 14.3 Å². The molecule has 148 valence electrons. The van der Waals surface area contributed by atoms with Gasteiger partial charge in [0.15, 0.2) is 11.6 Å². The molecular weight excluding hydrogens is 383 g/mol. The minimum absolute atomic E-state index is 0.0157. The van der Waals surface area contributed by atoms with Crippen LogP contribution in [0.1, 0.15) is 43.0 Å². The van der Waals surface area contributed by atoms with E-state index in [1.807, 2.05) is 32.0 Å². The van der Waals surface area contributed by atoms with Crippen LogP contribution < -0.4 is 15.4 Å². The Labute approximate surface area is 167 Å². The van der Waals surface area contributed by atoms with Gasteiger partial charge in [0.05, 0.1) is 17.2 Å². The van der Waals surface area contributed by atoms with E-state index in [1.165, 1.54) is 6.07 Å². The number of urea groups is 1. The quantitative estimate of drug-likeness (QED) is 0.696. The number of anilines is 1. The van der Waals surface area contributed by atoms with Crippen molar-refractivity contribution in [3.8, 4) is 5.75 Å². The zero-order valence-electron chi connectivity index (χ0n) is 15.7. The second-order valence-corrected chi connectivity index (χ2v) is 8.41. The normalized spacial score (nSPS) is 22.0. The standard InChI is InChI=1S/C21H22ClFN2O3/c1-21(2)10-17(13-6-7-15(22)18(23)19(13)28-21)25-20(27)24-16-5-3-4-11-8-12(26)9-14(11)16/h3-7,12,17,26H,8-10H2,1-2H3,(H2,24,25,27)/t12-,17+/m0/s1. The molecule has 28 heavy (non-hydrogen) atoms. The average Bonchev–Trinajstić information content (AvgIpc) is 2.99. The first-order chi connectivity index (χ1) is 13.2. The number of carbonyl (C=O) groups excluding carboxylic acids is 1. The van der Waals surface area contributed by atoms with Gasteiger partial charge < -0.3 is 20.5 Å². The third-order valence-electron chi connectivity index (χ3n) is 5.25. The topological polar surface area (TPSA) is 70.6 Å². The zero-order valence-corrected chi connectivity index (χ0v) is 16.4. The van der Waals surface area contributed by atoms with Crippen LogP contribution in [0.2, 0.25) is 5.02 Å². The third kappa shape index (κ3) is 3.54. The van der Waals surface area contributed by atoms with Gasteiger partial charge in [-0.05, 0) is 43.5 Å². The molecule has 1 aliphatic heterocycles. The predicted octanol–water partition coefficient (Wildman–Crippen LogP) is 4.36. The molecule has 0 saturated heterocycles. The lowest BCUT2D eigenvalue weighted by Gasteiger charge is -2.38. The highest BCUT2D eigenvalue weighted by atomic mass is 35.5. The minimum Gasteiger partial charge on any atom is -0.484 e. The minimum atomic E-state index is -0.658. The Hall–Kier alpha value is -2.31. The summed E-state index contributed by atoms with van der Waals surface area (Å²) >= 11 is 5.89. The van der Waals surface area contributed by atoms with Crippen molar-refractivity contribution in [3.05, 3.63) is 57.9 Å². The van der Waals surface area contributed by atoms with Crippen molar-refractivity contribution < 1.29 is 19.0 Å². The number of halogens is 2. The van der Waals surface area contributed by atoms with E-state index >= 15 is 0 Å². The first kappa shape index (κ1) is 19.0. The van der Waals surface area contributed by atoms with Crippen LogP contribution in [0.4, 0.5) is 14.9 Å². The summed E-state index contributed by atoms with van der Waals surface area (Å²) in [6.07, 6.45) is 1.17. The van der Waals surface area contributed by atoms with E-state index in [0.29, 0.717) is 30.5 Å². The van der Waals surface area contributed by atoms with Crippen LogP contribution in [0, 0.1) is 5.82 Å². The van der Waals surface area contributed by atoms with Gasteiger partial charge >= 0.3 is 6.03 Å². The highest BCUT2D eigenvalue weighted by Gasteiger charge is 2.37. The van der Waals surface area contributed by atoms with Gasteiger partial charge in [0.2, 0.25) is 0 Å². The maximum Gasteiger partial charge on any atom is 0.319 e. The first-order valence-electron chi connectivity index (χ1n) is 9.27. The van der Waals surface area contributed by atoms with Gasteiger partial charge in [0.1, 0.15) is 5.60 Å². The Morgan fingerprint density at radius 2 is 2.07 bits per heavy atom. The molecule has 5 nitrogen and oxygen atoms in total. The zero-order chi connectivity index (χ0) is 20.1. The Kier molecular flexibility index (Phi) is 4.71. The molecule has 3 N–H and O–H groups in total. The van der Waals surface area contributed by atoms with Gasteiger partial charge in [0, 0.05) is 24.1 Å². The maximum absolute atomic E-state index is 14.5. The van der Waals surface area contributed by atoms with Crippen molar-refractivity contribution in [1.29, 1.82) is 0 Å². The van der Waals surface area contributed by atoms with Crippen LogP contribution in [-0.2, 0) is 12.8 Å². The van der Waals surface area contributed by atoms with Crippen molar-refractivity contribution in [2.45, 2.75) is 50.9 Å². The molecule has 2 amide bonds. The van der Waals surface area contributed by atoms with E-state index in [2.05, 4.69) is 10.6 Å². The van der Waals surface area contributed by atoms with Gasteiger partial charge in [-0.3, -0.25) is 0 Å². The molecule has 2 aromatic rings. The highest BCUT2D eigenvalue weighted by molar-refractivity contribution is 6.30. The molecule has 1 aliphatic carbocycles. The van der Waals surface area contributed by atoms with Crippen molar-refractivity contribution >= 4 is 23.3 Å². The number of benzene rings is 2. The fourth-order valence-corrected chi connectivity index (χ4v) is 4.18. The van der Waals surface area contributed by atoms with Gasteiger partial charge in [-0.15, -0.1) is 0 Å². The number of carbonyl (C=O) groups is 1. The number of aliphatic hydroxyl groups is 1. The molecule has 0 unspecified atom stereocenters. The van der Waals surface area contributed by atoms with Crippen molar-refractivity contribution in [3.63, 3.8) is 0 Å². The number of ether oxygens (including phenoxy) is 1. The number of amides is 2. The van der Waals surface area contributed by atoms with Crippen LogP contribution in [-0.4, -0.2) is 22.8 Å². The summed E-state index contributed by atoms with van der Waals surface area (Å²) in [5, 5.41) is 15.7. The molecule has 7 heteroatoms. The molecule has 0 radical (unpaired) electrons. The molecule has 0 fully saturated rings. The molecule has 0 spiro atoms. The third-order valence-corrected chi connectivity index (χ3v) is 5.54. The molecular formula is C21H22ClFN2O3. The summed E-state index contributed by atoms with van der Waals surface area (Å²) in [5.74, 6) is -0.535. The van der Waals surface area contributed by atoms with Gasteiger partial charge in [0.25, 0.3) is 0 Å². The van der Waals surface area contributed by atoms with E-state index in [1.54, 1.807) is 6.07 Å². The largest absolute Gasteiger partial charge is 0.484 e. The Morgan fingerprint density at radius 3 is 2.86 bits per heavy atom. The van der Waals surface area contributed by atoms with Crippen molar-refractivity contribution in [2.75, 3.05) is 5.32 Å². The second-order valence-electron chi connectivity index (χ2n) is 8.00. The molecule has 2 aromatic carbocycles. The van der Waals surface area contributed by atoms with Crippen LogP contribution in [0.5, 0.6) is 5.75 Å². The Balaban J connectivity index is 1.56. The number of aliphatic hydroxyl groups excluding tert-OH is 1. The second kappa shape index (κ2) is 6.94. The average molecular weight is 405 g/mol. The van der Waals surface area contributed by atoms with Crippen LogP contribution in [0.15, 0.2) is 30.3 Å². The monoisotopic (exact) mass is 404 g/mol. The maximum atomic E-state index is 14.5. The Morgan fingerprint density at radius 1 is 1.29 bits per heavy atom. The van der Waals surface area contributed by atoms with Crippen molar-refractivity contribution in [2.24, 2.45) is 0 Å². The molecule has 0 bridgehead atoms. The fourth-order valence-electron chi connectivity index (χ4n) is 4.04. The lowest BCUT2D eigenvalue weighted by molar-refractivity contribution is 0.0630. The lowest BCUT2D eigenvalue weighted by Crippen LogP contribution is -2.43. The number of rotatable bonds is 2. The fraction of sp³-hybridized carbons (Fsp3) is 0.381. The summed E-state index contributed by atoms with van der Waals surface area (Å²) in [5.41, 5.74) is 2.58. The lowest BCUT2D eigenvalue weighted by atomic mass is 9.89. The molecule has 0 aromatic heterocycles. The summed E-state index contributed by atoms with van der Waals surface area (Å²) in [4.78, 5) is 12.7. The summed E-state index contributed by atoms with van der Waals surface area (Å²) in [6.45, 7) is 3.68. The number of nitrogens with one attached hydrogen (secondary N) is 2. The van der Waals surface area contributed by atoms with E-state index in [4.69, 9.17) is 16.3 Å². The SMILES string of the molecule is CC1(C)C[C@@H](NC(=O)Nc2cccc3c2C[C@@H](O)C3)c2ccc(Cl)c(F)c2O1. The molecule has 2 atom stereocenters. The van der Waals surface area contributed by atoms with Crippen molar-refractivity contribution in [1.82, 2.24) is 5.32 Å². The highest BCUT2D eigenvalue weighted by Crippen LogP contribution is 2.43. The Bertz CT molecular complexity index is 947. The number of hydrogen-bond acceptors (Lipinski definition) is 3. The number of hydrogen-bond donors (Lipinski definition) is 3. The molecule has 4 rings (SSSR count). The first-order valence-corrected chi connectivity index (χ1v) is 9.64. The van der Waals surface area contributed by atoms with Crippen LogP contribution in [0.3, 0.4) is 0 Å². The van der Waals surface area contributed by atoms with Gasteiger partial charge in [-0.2, -0.15) is 0 Å². The predicted molar refractivity (Wildman–Crippen MR) is 105 cm³/mol. The molecule has 0 saturated carbocycles. The summed E-state index contributed by atoms with van der Waals surface area (Å²) in [6, 6.07) is 7.96. The summed E-state index contributed by atoms with van der Waals surface area (Å²) in [7, 11) is 0. The van der Waals surface area contributed by atoms with Gasteiger partial charge in [-0.1, -0.05) is 29.8 Å². The molecule has 2 aliphatic rings. The van der Waals surface area contributed by atoms with Crippen LogP contribution in [0.25, 0.3) is 0 Å². The molecule has 1 heterocycles. The van der Waals surface area contributed by atoms with Gasteiger partial charge in [-0.25, -0.2) is 9.18 Å². The smallest absolute Gasteiger partial charge is 0.319 e. The van der Waals surface area contributed by atoms with E-state index in [0.717, 1.165) is 11.1 Å².